The van der Waals surface area contributed by atoms with E-state index in [2.05, 4.69) is 0 Å². The SMILES string of the molecule is c1ccc(OCCOc2cccc3c(OCCOc4ccccc4)cccc23)cc1. The fourth-order valence-electron chi connectivity index (χ4n) is 3.16. The van der Waals surface area contributed by atoms with Gasteiger partial charge in [-0.25, -0.2) is 0 Å². The van der Waals surface area contributed by atoms with Gasteiger partial charge in [0.15, 0.2) is 0 Å². The van der Waals surface area contributed by atoms with Crippen molar-refractivity contribution < 1.29 is 18.9 Å². The second-order valence-corrected chi connectivity index (χ2v) is 6.63. The number of hydrogen-bond acceptors (Lipinski definition) is 4. The van der Waals surface area contributed by atoms with Crippen LogP contribution in [-0.2, 0) is 0 Å². The summed E-state index contributed by atoms with van der Waals surface area (Å²) in [6.07, 6.45) is 0. The highest BCUT2D eigenvalue weighted by Crippen LogP contribution is 2.32. The maximum absolute atomic E-state index is 5.97. The molecule has 4 aromatic rings. The Morgan fingerprint density at radius 2 is 0.767 bits per heavy atom. The summed E-state index contributed by atoms with van der Waals surface area (Å²) < 4.78 is 23.4. The molecule has 0 aromatic heterocycles. The van der Waals surface area contributed by atoms with Gasteiger partial charge < -0.3 is 18.9 Å². The van der Waals surface area contributed by atoms with E-state index in [-0.39, 0.29) is 0 Å². The minimum Gasteiger partial charge on any atom is -0.490 e. The van der Waals surface area contributed by atoms with Crippen molar-refractivity contribution >= 4 is 10.8 Å². The van der Waals surface area contributed by atoms with Crippen molar-refractivity contribution in [2.24, 2.45) is 0 Å². The molecule has 0 radical (unpaired) electrons. The number of rotatable bonds is 10. The summed E-state index contributed by atoms with van der Waals surface area (Å²) in [5.74, 6) is 3.31. The molecule has 0 aliphatic rings. The van der Waals surface area contributed by atoms with Gasteiger partial charge in [-0.15, -0.1) is 0 Å². The van der Waals surface area contributed by atoms with E-state index in [9.17, 15) is 0 Å². The second-order valence-electron chi connectivity index (χ2n) is 6.63. The minimum absolute atomic E-state index is 0.462. The molecule has 0 saturated heterocycles. The van der Waals surface area contributed by atoms with E-state index in [0.29, 0.717) is 26.4 Å². The van der Waals surface area contributed by atoms with Gasteiger partial charge in [0.05, 0.1) is 0 Å². The first kappa shape index (κ1) is 19.6. The molecule has 0 aliphatic heterocycles. The van der Waals surface area contributed by atoms with Crippen LogP contribution >= 0.6 is 0 Å². The third-order valence-electron chi connectivity index (χ3n) is 4.55. The Hall–Kier alpha value is -3.66. The van der Waals surface area contributed by atoms with Gasteiger partial charge in [-0.05, 0) is 36.4 Å². The molecule has 4 heteroatoms. The number of benzene rings is 4. The van der Waals surface area contributed by atoms with E-state index < -0.39 is 0 Å². The molecular formula is C26H24O4. The molecule has 0 fully saturated rings. The smallest absolute Gasteiger partial charge is 0.127 e. The van der Waals surface area contributed by atoms with Crippen molar-refractivity contribution in [2.45, 2.75) is 0 Å². The normalized spacial score (nSPS) is 10.5. The van der Waals surface area contributed by atoms with E-state index >= 15 is 0 Å². The first-order chi connectivity index (χ1) is 14.9. The Labute approximate surface area is 176 Å². The lowest BCUT2D eigenvalue weighted by Gasteiger charge is -2.13. The summed E-state index contributed by atoms with van der Waals surface area (Å²) in [5.41, 5.74) is 0. The van der Waals surface area contributed by atoms with Crippen LogP contribution < -0.4 is 18.9 Å². The molecule has 4 rings (SSSR count). The van der Waals surface area contributed by atoms with Gasteiger partial charge in [-0.2, -0.15) is 0 Å². The molecule has 0 amide bonds. The van der Waals surface area contributed by atoms with Crippen molar-refractivity contribution in [2.75, 3.05) is 26.4 Å². The molecule has 4 aromatic carbocycles. The van der Waals surface area contributed by atoms with Crippen molar-refractivity contribution in [1.29, 1.82) is 0 Å². The van der Waals surface area contributed by atoms with E-state index in [1.807, 2.05) is 97.1 Å². The maximum atomic E-state index is 5.97. The summed E-state index contributed by atoms with van der Waals surface area (Å²) in [7, 11) is 0. The van der Waals surface area contributed by atoms with Crippen LogP contribution in [0.5, 0.6) is 23.0 Å². The number of para-hydroxylation sites is 2. The van der Waals surface area contributed by atoms with Crippen molar-refractivity contribution in [3.63, 3.8) is 0 Å². The highest BCUT2D eigenvalue weighted by molar-refractivity contribution is 5.93. The van der Waals surface area contributed by atoms with Crippen LogP contribution in [0, 0.1) is 0 Å². The average molecular weight is 400 g/mol. The van der Waals surface area contributed by atoms with Crippen molar-refractivity contribution in [3.8, 4) is 23.0 Å². The number of ether oxygens (including phenoxy) is 4. The molecule has 0 bridgehead atoms. The summed E-state index contributed by atoms with van der Waals surface area (Å²) in [5, 5.41) is 2.03. The van der Waals surface area contributed by atoms with Crippen LogP contribution in [0.15, 0.2) is 97.1 Å². The van der Waals surface area contributed by atoms with Gasteiger partial charge in [0.2, 0.25) is 0 Å². The quantitative estimate of drug-likeness (QED) is 0.317. The van der Waals surface area contributed by atoms with Crippen molar-refractivity contribution in [3.05, 3.63) is 97.1 Å². The zero-order valence-corrected chi connectivity index (χ0v) is 16.7. The molecule has 0 saturated carbocycles. The molecule has 0 aliphatic carbocycles. The van der Waals surface area contributed by atoms with Gasteiger partial charge in [0.25, 0.3) is 0 Å². The zero-order chi connectivity index (χ0) is 20.4. The fourth-order valence-corrected chi connectivity index (χ4v) is 3.16. The van der Waals surface area contributed by atoms with E-state index in [0.717, 1.165) is 33.8 Å². The predicted octanol–water partition coefficient (Wildman–Crippen LogP) is 5.76. The van der Waals surface area contributed by atoms with E-state index in [1.165, 1.54) is 0 Å². The van der Waals surface area contributed by atoms with Crippen LogP contribution in [0.3, 0.4) is 0 Å². The summed E-state index contributed by atoms with van der Waals surface area (Å²) >= 11 is 0. The van der Waals surface area contributed by atoms with Crippen LogP contribution in [0.25, 0.3) is 10.8 Å². The second kappa shape index (κ2) is 10.2. The zero-order valence-electron chi connectivity index (χ0n) is 16.7. The standard InChI is InChI=1S/C26H24O4/c1-3-9-21(10-4-1)27-17-19-29-25-15-7-14-24-23(25)13-8-16-26(24)30-20-18-28-22-11-5-2-6-12-22/h1-16H,17-20H2. The maximum Gasteiger partial charge on any atom is 0.127 e. The predicted molar refractivity (Wildman–Crippen MR) is 119 cm³/mol. The van der Waals surface area contributed by atoms with Crippen LogP contribution in [0.1, 0.15) is 0 Å². The Balaban J connectivity index is 1.33. The monoisotopic (exact) mass is 400 g/mol. The number of fused-ring (bicyclic) bond motifs is 1. The molecule has 152 valence electrons. The molecule has 0 N–H and O–H groups in total. The van der Waals surface area contributed by atoms with Gasteiger partial charge in [-0.1, -0.05) is 60.7 Å². The molecule has 4 nitrogen and oxygen atoms in total. The number of hydrogen-bond donors (Lipinski definition) is 0. The largest absolute Gasteiger partial charge is 0.490 e. The molecule has 0 atom stereocenters. The van der Waals surface area contributed by atoms with E-state index in [1.54, 1.807) is 0 Å². The summed E-state index contributed by atoms with van der Waals surface area (Å²) in [4.78, 5) is 0. The van der Waals surface area contributed by atoms with Gasteiger partial charge >= 0.3 is 0 Å². The highest BCUT2D eigenvalue weighted by atomic mass is 16.5. The Morgan fingerprint density at radius 3 is 1.20 bits per heavy atom. The molecule has 0 spiro atoms. The molecule has 0 unspecified atom stereocenters. The molecular weight excluding hydrogens is 376 g/mol. The third kappa shape index (κ3) is 5.23. The molecule has 30 heavy (non-hydrogen) atoms. The van der Waals surface area contributed by atoms with Crippen LogP contribution in [-0.4, -0.2) is 26.4 Å². The van der Waals surface area contributed by atoms with E-state index in [4.69, 9.17) is 18.9 Å². The fraction of sp³-hybridized carbons (Fsp3) is 0.154. The lowest BCUT2D eigenvalue weighted by atomic mass is 10.1. The average Bonchev–Trinajstić information content (AvgIpc) is 2.81. The van der Waals surface area contributed by atoms with Crippen LogP contribution in [0.4, 0.5) is 0 Å². The topological polar surface area (TPSA) is 36.9 Å². The van der Waals surface area contributed by atoms with Crippen molar-refractivity contribution in [1.82, 2.24) is 0 Å². The summed E-state index contributed by atoms with van der Waals surface area (Å²) in [6.45, 7) is 1.88. The summed E-state index contributed by atoms with van der Waals surface area (Å²) in [6, 6.07) is 31.4. The highest BCUT2D eigenvalue weighted by Gasteiger charge is 2.07. The van der Waals surface area contributed by atoms with Crippen LogP contribution in [0.2, 0.25) is 0 Å². The van der Waals surface area contributed by atoms with Gasteiger partial charge in [-0.3, -0.25) is 0 Å². The lowest BCUT2D eigenvalue weighted by molar-refractivity contribution is 0.217. The Bertz CT molecular complexity index is 962. The van der Waals surface area contributed by atoms with Gasteiger partial charge in [0.1, 0.15) is 49.4 Å². The first-order valence-electron chi connectivity index (χ1n) is 10.0. The first-order valence-corrected chi connectivity index (χ1v) is 10.0. The third-order valence-corrected chi connectivity index (χ3v) is 4.55. The Morgan fingerprint density at radius 1 is 0.367 bits per heavy atom. The minimum atomic E-state index is 0.462. The molecule has 0 heterocycles. The lowest BCUT2D eigenvalue weighted by Crippen LogP contribution is -2.10. The Kier molecular flexibility index (Phi) is 6.69. The van der Waals surface area contributed by atoms with Gasteiger partial charge in [0, 0.05) is 10.8 Å².